The Morgan fingerprint density at radius 1 is 1.00 bits per heavy atom. The monoisotopic (exact) mass is 262 g/mol. The van der Waals surface area contributed by atoms with Crippen molar-refractivity contribution in [2.45, 2.75) is 25.4 Å². The maximum Gasteiger partial charge on any atom is 0.349 e. The first-order chi connectivity index (χ1) is 8.27. The molecule has 0 aliphatic rings. The lowest BCUT2D eigenvalue weighted by atomic mass is 9.95. The number of hydrogen-bond acceptors (Lipinski definition) is 7. The van der Waals surface area contributed by atoms with Crippen LogP contribution in [0.5, 0.6) is 0 Å². The summed E-state index contributed by atoms with van der Waals surface area (Å²) in [7, 11) is 2.09. The van der Waals surface area contributed by atoms with Crippen molar-refractivity contribution >= 4 is 23.9 Å². The van der Waals surface area contributed by atoms with Crippen LogP contribution in [0.4, 0.5) is 0 Å². The van der Waals surface area contributed by atoms with Gasteiger partial charge in [0.2, 0.25) is 5.60 Å². The van der Waals surface area contributed by atoms with Crippen LogP contribution in [0.15, 0.2) is 0 Å². The number of methoxy groups -OCH3 is 2. The van der Waals surface area contributed by atoms with Gasteiger partial charge < -0.3 is 19.3 Å². The number of aliphatic carboxylic acids is 1. The summed E-state index contributed by atoms with van der Waals surface area (Å²) in [5.74, 6) is -4.43. The van der Waals surface area contributed by atoms with Crippen molar-refractivity contribution in [3.05, 3.63) is 0 Å². The maximum atomic E-state index is 11.2. The van der Waals surface area contributed by atoms with Crippen LogP contribution < -0.4 is 0 Å². The van der Waals surface area contributed by atoms with Crippen molar-refractivity contribution in [2.75, 3.05) is 14.2 Å². The fraction of sp³-hybridized carbons (Fsp3) is 0.600. The van der Waals surface area contributed by atoms with E-state index in [1.165, 1.54) is 0 Å². The zero-order valence-corrected chi connectivity index (χ0v) is 10.2. The van der Waals surface area contributed by atoms with Gasteiger partial charge >= 0.3 is 23.9 Å². The molecule has 0 aliphatic carbocycles. The number of ether oxygens (including phenoxy) is 3. The van der Waals surface area contributed by atoms with E-state index in [0.717, 1.165) is 21.1 Å². The number of carboxylic acid groups (broad SMARTS) is 1. The Kier molecular flexibility index (Phi) is 5.80. The second-order valence-electron chi connectivity index (χ2n) is 3.40. The van der Waals surface area contributed by atoms with Crippen molar-refractivity contribution < 1.29 is 38.5 Å². The second kappa shape index (κ2) is 6.58. The first-order valence-corrected chi connectivity index (χ1v) is 4.84. The van der Waals surface area contributed by atoms with E-state index in [-0.39, 0.29) is 0 Å². The van der Waals surface area contributed by atoms with Crippen LogP contribution in [-0.4, -0.2) is 48.8 Å². The normalized spacial score (nSPS) is 10.4. The molecule has 0 aromatic heterocycles. The van der Waals surface area contributed by atoms with E-state index in [2.05, 4.69) is 14.2 Å². The third kappa shape index (κ3) is 4.40. The zero-order valence-electron chi connectivity index (χ0n) is 10.2. The summed E-state index contributed by atoms with van der Waals surface area (Å²) in [6.07, 6.45) is -1.57. The Hall–Kier alpha value is -2.12. The molecule has 0 spiro atoms. The van der Waals surface area contributed by atoms with Crippen molar-refractivity contribution in [3.8, 4) is 0 Å². The molecule has 0 aromatic rings. The van der Waals surface area contributed by atoms with E-state index < -0.39 is 42.3 Å². The molecular weight excluding hydrogens is 248 g/mol. The molecule has 0 rings (SSSR count). The van der Waals surface area contributed by atoms with Gasteiger partial charge in [-0.15, -0.1) is 0 Å². The van der Waals surface area contributed by atoms with Gasteiger partial charge in [0.05, 0.1) is 27.1 Å². The fourth-order valence-corrected chi connectivity index (χ4v) is 1.22. The van der Waals surface area contributed by atoms with Crippen LogP contribution in [0.25, 0.3) is 0 Å². The summed E-state index contributed by atoms with van der Waals surface area (Å²) in [4.78, 5) is 44.4. The lowest BCUT2D eigenvalue weighted by Crippen LogP contribution is -2.47. The quantitative estimate of drug-likeness (QED) is 0.503. The lowest BCUT2D eigenvalue weighted by molar-refractivity contribution is -0.185. The van der Waals surface area contributed by atoms with Gasteiger partial charge in [0.1, 0.15) is 0 Å². The highest BCUT2D eigenvalue weighted by molar-refractivity contribution is 5.91. The topological polar surface area (TPSA) is 116 Å². The largest absolute Gasteiger partial charge is 0.478 e. The molecule has 0 saturated heterocycles. The molecule has 0 aliphatic heterocycles. The Morgan fingerprint density at radius 2 is 1.39 bits per heavy atom. The van der Waals surface area contributed by atoms with Crippen LogP contribution >= 0.6 is 0 Å². The molecule has 18 heavy (non-hydrogen) atoms. The van der Waals surface area contributed by atoms with E-state index >= 15 is 0 Å². The van der Waals surface area contributed by atoms with E-state index in [1.54, 1.807) is 0 Å². The molecule has 1 N–H and O–H groups in total. The third-order valence-electron chi connectivity index (χ3n) is 2.04. The van der Waals surface area contributed by atoms with Gasteiger partial charge in [-0.25, -0.2) is 4.79 Å². The van der Waals surface area contributed by atoms with Gasteiger partial charge in [-0.1, -0.05) is 0 Å². The lowest BCUT2D eigenvalue weighted by Gasteiger charge is -2.26. The Morgan fingerprint density at radius 3 is 1.61 bits per heavy atom. The summed E-state index contributed by atoms with van der Waals surface area (Å²) in [6.45, 7) is 0.965. The van der Waals surface area contributed by atoms with Crippen molar-refractivity contribution in [3.63, 3.8) is 0 Å². The predicted octanol–water partition coefficient (Wildman–Crippen LogP) is -0.501. The molecule has 0 bridgehead atoms. The maximum absolute atomic E-state index is 11.2. The van der Waals surface area contributed by atoms with Crippen LogP contribution in [0.2, 0.25) is 0 Å². The molecule has 0 fully saturated rings. The molecule has 0 amide bonds. The number of rotatable bonds is 6. The first kappa shape index (κ1) is 15.9. The van der Waals surface area contributed by atoms with Crippen molar-refractivity contribution in [1.29, 1.82) is 0 Å². The minimum absolute atomic E-state index is 0.784. The number of carbonyl (C=O) groups is 4. The van der Waals surface area contributed by atoms with E-state index in [0.29, 0.717) is 0 Å². The SMILES string of the molecule is COC(=O)CC(CC(=O)OC)(OC(C)=O)C(=O)O. The Balaban J connectivity index is 5.27. The molecule has 8 nitrogen and oxygen atoms in total. The average Bonchev–Trinajstić information content (AvgIpc) is 2.27. The molecule has 102 valence electrons. The molecule has 0 atom stereocenters. The highest BCUT2D eigenvalue weighted by Gasteiger charge is 2.47. The Labute approximate surface area is 103 Å². The molecular formula is C10H14O8. The zero-order chi connectivity index (χ0) is 14.3. The fourth-order valence-electron chi connectivity index (χ4n) is 1.22. The first-order valence-electron chi connectivity index (χ1n) is 4.84. The van der Waals surface area contributed by atoms with Gasteiger partial charge in [0, 0.05) is 6.92 Å². The predicted molar refractivity (Wildman–Crippen MR) is 55.4 cm³/mol. The standard InChI is InChI=1S/C10H14O8/c1-6(11)18-10(9(14)15,4-7(12)16-2)5-8(13)17-3/h4-5H2,1-3H3,(H,14,15). The van der Waals surface area contributed by atoms with E-state index in [1.807, 2.05) is 0 Å². The van der Waals surface area contributed by atoms with Gasteiger partial charge in [0.25, 0.3) is 0 Å². The third-order valence-corrected chi connectivity index (χ3v) is 2.04. The number of carbonyl (C=O) groups excluding carboxylic acids is 3. The van der Waals surface area contributed by atoms with Crippen LogP contribution in [-0.2, 0) is 33.4 Å². The van der Waals surface area contributed by atoms with Gasteiger partial charge in [-0.05, 0) is 0 Å². The summed E-state index contributed by atoms with van der Waals surface area (Å²) in [5, 5.41) is 9.07. The Bertz CT molecular complexity index is 341. The second-order valence-corrected chi connectivity index (χ2v) is 3.40. The smallest absolute Gasteiger partial charge is 0.349 e. The van der Waals surface area contributed by atoms with Crippen LogP contribution in [0.1, 0.15) is 19.8 Å². The van der Waals surface area contributed by atoms with Crippen molar-refractivity contribution in [1.82, 2.24) is 0 Å². The van der Waals surface area contributed by atoms with Gasteiger partial charge in [0.15, 0.2) is 0 Å². The molecule has 0 radical (unpaired) electrons. The van der Waals surface area contributed by atoms with Crippen LogP contribution in [0.3, 0.4) is 0 Å². The van der Waals surface area contributed by atoms with E-state index in [9.17, 15) is 19.2 Å². The molecule has 0 heterocycles. The summed E-state index contributed by atoms with van der Waals surface area (Å²) in [5.41, 5.74) is -2.31. The van der Waals surface area contributed by atoms with Crippen LogP contribution in [0, 0.1) is 0 Å². The molecule has 0 unspecified atom stereocenters. The highest BCUT2D eigenvalue weighted by Crippen LogP contribution is 2.23. The summed E-state index contributed by atoms with van der Waals surface area (Å²) < 4.78 is 13.2. The summed E-state index contributed by atoms with van der Waals surface area (Å²) in [6, 6.07) is 0. The number of carboxylic acids is 1. The molecule has 8 heteroatoms. The molecule has 0 aromatic carbocycles. The minimum Gasteiger partial charge on any atom is -0.478 e. The van der Waals surface area contributed by atoms with Crippen molar-refractivity contribution in [2.24, 2.45) is 0 Å². The van der Waals surface area contributed by atoms with Gasteiger partial charge in [-0.2, -0.15) is 0 Å². The number of esters is 3. The number of hydrogen-bond donors (Lipinski definition) is 1. The molecule has 0 saturated carbocycles. The minimum atomic E-state index is -2.31. The highest BCUT2D eigenvalue weighted by atomic mass is 16.6. The average molecular weight is 262 g/mol. The van der Waals surface area contributed by atoms with E-state index in [4.69, 9.17) is 5.11 Å². The summed E-state index contributed by atoms with van der Waals surface area (Å²) >= 11 is 0. The van der Waals surface area contributed by atoms with Gasteiger partial charge in [-0.3, -0.25) is 14.4 Å².